The number of anilines is 1. The second kappa shape index (κ2) is 9.54. The molecular weight excluding hydrogens is 409 g/mol. The molecule has 3 rings (SSSR count). The van der Waals surface area contributed by atoms with Crippen LogP contribution in [0.5, 0.6) is 0 Å². The van der Waals surface area contributed by atoms with E-state index in [-0.39, 0.29) is 24.7 Å². The molecule has 0 saturated heterocycles. The van der Waals surface area contributed by atoms with Gasteiger partial charge in [-0.2, -0.15) is 5.10 Å². The van der Waals surface area contributed by atoms with E-state index in [0.717, 1.165) is 16.3 Å². The van der Waals surface area contributed by atoms with Gasteiger partial charge >= 0.3 is 0 Å². The molecule has 0 unspecified atom stereocenters. The minimum atomic E-state index is -0.307. The number of carbonyl (C=O) groups is 2. The van der Waals surface area contributed by atoms with E-state index in [0.29, 0.717) is 21.4 Å². The molecule has 0 bridgehead atoms. The number of hydrogen-bond acceptors (Lipinski definition) is 3. The van der Waals surface area contributed by atoms with Crippen LogP contribution in [0.4, 0.5) is 5.69 Å². The predicted molar refractivity (Wildman–Crippen MR) is 119 cm³/mol. The van der Waals surface area contributed by atoms with Crippen LogP contribution in [0.15, 0.2) is 65.8 Å². The number of rotatable bonds is 6. The fourth-order valence-corrected chi connectivity index (χ4v) is 3.21. The maximum Gasteiger partial charge on any atom is 0.244 e. The normalized spacial score (nSPS) is 11.3. The number of amides is 2. The van der Waals surface area contributed by atoms with E-state index in [1.165, 1.54) is 0 Å². The van der Waals surface area contributed by atoms with Gasteiger partial charge < -0.3 is 5.32 Å². The molecule has 29 heavy (non-hydrogen) atoms. The zero-order chi connectivity index (χ0) is 20.8. The number of hydrazone groups is 1. The van der Waals surface area contributed by atoms with Crippen LogP contribution >= 0.6 is 23.2 Å². The summed E-state index contributed by atoms with van der Waals surface area (Å²) < 4.78 is 0. The minimum Gasteiger partial charge on any atom is -0.324 e. The van der Waals surface area contributed by atoms with Crippen LogP contribution in [0, 0.1) is 0 Å². The van der Waals surface area contributed by atoms with Gasteiger partial charge in [0.15, 0.2) is 0 Å². The van der Waals surface area contributed by atoms with Gasteiger partial charge in [-0.05, 0) is 41.5 Å². The Hall–Kier alpha value is -2.89. The van der Waals surface area contributed by atoms with Crippen molar-refractivity contribution < 1.29 is 9.59 Å². The van der Waals surface area contributed by atoms with Crippen molar-refractivity contribution in [2.75, 3.05) is 5.32 Å². The molecule has 0 aliphatic rings. The van der Waals surface area contributed by atoms with Gasteiger partial charge in [-0.1, -0.05) is 65.7 Å². The summed E-state index contributed by atoms with van der Waals surface area (Å²) in [5.41, 5.74) is 4.32. The highest BCUT2D eigenvalue weighted by molar-refractivity contribution is 6.35. The summed E-state index contributed by atoms with van der Waals surface area (Å²) in [6, 6.07) is 18.5. The van der Waals surface area contributed by atoms with Crippen LogP contribution in [0.25, 0.3) is 10.8 Å². The molecule has 0 radical (unpaired) electrons. The molecule has 0 aromatic heterocycles. The number of carbonyl (C=O) groups excluding carboxylic acids is 2. The molecule has 2 amide bonds. The lowest BCUT2D eigenvalue weighted by Gasteiger charge is -2.08. The van der Waals surface area contributed by atoms with E-state index in [9.17, 15) is 9.59 Å². The Kier molecular flexibility index (Phi) is 6.86. The summed E-state index contributed by atoms with van der Waals surface area (Å²) in [6.07, 6.45) is 0.208. The van der Waals surface area contributed by atoms with Crippen LogP contribution in [0.3, 0.4) is 0 Å². The molecular formula is C22H19Cl2N3O2. The zero-order valence-electron chi connectivity index (χ0n) is 15.7. The molecule has 7 heteroatoms. The molecule has 0 aliphatic carbocycles. The maximum atomic E-state index is 12.3. The topological polar surface area (TPSA) is 70.6 Å². The van der Waals surface area contributed by atoms with Crippen molar-refractivity contribution >= 4 is 57.2 Å². The van der Waals surface area contributed by atoms with E-state index >= 15 is 0 Å². The molecule has 0 fully saturated rings. The van der Waals surface area contributed by atoms with Crippen molar-refractivity contribution in [3.05, 3.63) is 76.3 Å². The van der Waals surface area contributed by atoms with Gasteiger partial charge in [-0.3, -0.25) is 9.59 Å². The maximum absolute atomic E-state index is 12.3. The SMILES string of the molecule is CC(CC(=O)Nc1cc(Cl)ccc1Cl)=NNC(=O)Cc1cccc2ccccc12. The highest BCUT2D eigenvalue weighted by Crippen LogP contribution is 2.25. The van der Waals surface area contributed by atoms with Gasteiger partial charge in [0.1, 0.15) is 0 Å². The molecule has 0 aliphatic heterocycles. The molecule has 0 atom stereocenters. The molecule has 3 aromatic carbocycles. The molecule has 3 aromatic rings. The van der Waals surface area contributed by atoms with Gasteiger partial charge in [0, 0.05) is 10.7 Å². The summed E-state index contributed by atoms with van der Waals surface area (Å²) in [4.78, 5) is 24.4. The Bertz CT molecular complexity index is 1090. The van der Waals surface area contributed by atoms with E-state index in [1.807, 2.05) is 42.5 Å². The first-order chi connectivity index (χ1) is 13.9. The third-order valence-corrected chi connectivity index (χ3v) is 4.79. The third-order valence-electron chi connectivity index (χ3n) is 4.22. The fourth-order valence-electron chi connectivity index (χ4n) is 2.88. The van der Waals surface area contributed by atoms with Gasteiger partial charge in [0.2, 0.25) is 11.8 Å². The van der Waals surface area contributed by atoms with Crippen molar-refractivity contribution in [2.45, 2.75) is 19.8 Å². The van der Waals surface area contributed by atoms with Crippen LogP contribution in [0.2, 0.25) is 10.0 Å². The Labute approximate surface area is 178 Å². The van der Waals surface area contributed by atoms with Crippen LogP contribution in [-0.2, 0) is 16.0 Å². The van der Waals surface area contributed by atoms with Gasteiger partial charge in [0.05, 0.1) is 23.6 Å². The highest BCUT2D eigenvalue weighted by Gasteiger charge is 2.10. The van der Waals surface area contributed by atoms with E-state index in [1.54, 1.807) is 25.1 Å². The quantitative estimate of drug-likeness (QED) is 0.418. The van der Waals surface area contributed by atoms with Crippen LogP contribution in [-0.4, -0.2) is 17.5 Å². The minimum absolute atomic E-state index is 0.0113. The van der Waals surface area contributed by atoms with E-state index in [2.05, 4.69) is 15.8 Å². The molecule has 5 nitrogen and oxygen atoms in total. The van der Waals surface area contributed by atoms with Crippen molar-refractivity contribution in [1.82, 2.24) is 5.43 Å². The summed E-state index contributed by atoms with van der Waals surface area (Å²) in [6.45, 7) is 1.66. The van der Waals surface area contributed by atoms with Gasteiger partial charge in [-0.25, -0.2) is 5.43 Å². The summed E-state index contributed by atoms with van der Waals surface area (Å²) in [5, 5.41) is 9.67. The number of halogens is 2. The Morgan fingerprint density at radius 1 is 0.966 bits per heavy atom. The van der Waals surface area contributed by atoms with Crippen molar-refractivity contribution in [3.8, 4) is 0 Å². The number of nitrogens with one attached hydrogen (secondary N) is 2. The van der Waals surface area contributed by atoms with Crippen molar-refractivity contribution in [1.29, 1.82) is 0 Å². The average molecular weight is 428 g/mol. The number of nitrogens with zero attached hydrogens (tertiary/aromatic N) is 1. The second-order valence-electron chi connectivity index (χ2n) is 6.55. The molecule has 0 heterocycles. The van der Waals surface area contributed by atoms with E-state index in [4.69, 9.17) is 23.2 Å². The Balaban J connectivity index is 1.57. The number of fused-ring (bicyclic) bond motifs is 1. The average Bonchev–Trinajstić information content (AvgIpc) is 2.69. The Morgan fingerprint density at radius 2 is 1.72 bits per heavy atom. The first kappa shape index (κ1) is 20.8. The molecule has 148 valence electrons. The lowest BCUT2D eigenvalue weighted by atomic mass is 10.0. The molecule has 2 N–H and O–H groups in total. The second-order valence-corrected chi connectivity index (χ2v) is 7.39. The van der Waals surface area contributed by atoms with Gasteiger partial charge in [0.25, 0.3) is 0 Å². The van der Waals surface area contributed by atoms with Crippen LogP contribution in [0.1, 0.15) is 18.9 Å². The first-order valence-corrected chi connectivity index (χ1v) is 9.71. The van der Waals surface area contributed by atoms with E-state index < -0.39 is 0 Å². The third kappa shape index (κ3) is 5.79. The Morgan fingerprint density at radius 3 is 2.55 bits per heavy atom. The highest BCUT2D eigenvalue weighted by atomic mass is 35.5. The summed E-state index contributed by atoms with van der Waals surface area (Å²) >= 11 is 11.9. The van der Waals surface area contributed by atoms with Crippen LogP contribution < -0.4 is 10.7 Å². The lowest BCUT2D eigenvalue weighted by molar-refractivity contribution is -0.120. The fraction of sp³-hybridized carbons (Fsp3) is 0.136. The molecule has 0 saturated carbocycles. The lowest BCUT2D eigenvalue weighted by Crippen LogP contribution is -2.23. The summed E-state index contributed by atoms with van der Waals surface area (Å²) in [7, 11) is 0. The van der Waals surface area contributed by atoms with Crippen molar-refractivity contribution in [2.24, 2.45) is 5.10 Å². The summed E-state index contributed by atoms with van der Waals surface area (Å²) in [5.74, 6) is -0.558. The smallest absolute Gasteiger partial charge is 0.244 e. The first-order valence-electron chi connectivity index (χ1n) is 8.96. The monoisotopic (exact) mass is 427 g/mol. The van der Waals surface area contributed by atoms with Crippen molar-refractivity contribution in [3.63, 3.8) is 0 Å². The predicted octanol–water partition coefficient (Wildman–Crippen LogP) is 5.21. The zero-order valence-corrected chi connectivity index (χ0v) is 17.2. The largest absolute Gasteiger partial charge is 0.324 e. The number of benzene rings is 3. The number of hydrogen-bond donors (Lipinski definition) is 2. The molecule has 0 spiro atoms. The van der Waals surface area contributed by atoms with Gasteiger partial charge in [-0.15, -0.1) is 0 Å². The standard InChI is InChI=1S/C22H19Cl2N3O2/c1-14(11-21(28)25-20-13-17(23)9-10-19(20)24)26-27-22(29)12-16-7-4-6-15-5-2-3-8-18(15)16/h2-10,13H,11-12H2,1H3,(H,25,28)(H,27,29).